The van der Waals surface area contributed by atoms with E-state index in [0.29, 0.717) is 22.8 Å². The normalized spacial score (nSPS) is 13.4. The van der Waals surface area contributed by atoms with E-state index in [1.54, 1.807) is 18.2 Å². The highest BCUT2D eigenvalue weighted by atomic mass is 32.2. The highest BCUT2D eigenvalue weighted by Gasteiger charge is 2.19. The van der Waals surface area contributed by atoms with Crippen LogP contribution in [0.15, 0.2) is 18.2 Å². The molecule has 0 saturated carbocycles. The molecule has 1 amide bonds. The average Bonchev–Trinajstić information content (AvgIpc) is 2.96. The fourth-order valence-electron chi connectivity index (χ4n) is 2.00. The van der Waals surface area contributed by atoms with Gasteiger partial charge >= 0.3 is 5.97 Å². The molecule has 1 aromatic rings. The number of benzene rings is 1. The van der Waals surface area contributed by atoms with Gasteiger partial charge in [0.15, 0.2) is 17.3 Å². The molecule has 7 nitrogen and oxygen atoms in total. The highest BCUT2D eigenvalue weighted by molar-refractivity contribution is 7.99. The van der Waals surface area contributed by atoms with Crippen molar-refractivity contribution in [2.75, 3.05) is 18.3 Å². The van der Waals surface area contributed by atoms with Crippen LogP contribution in [0.1, 0.15) is 23.7 Å². The van der Waals surface area contributed by atoms with Crippen LogP contribution in [-0.4, -0.2) is 47.1 Å². The number of nitrogens with one attached hydrogen (secondary N) is 1. The quantitative estimate of drug-likeness (QED) is 0.544. The Morgan fingerprint density at radius 2 is 2.04 bits per heavy atom. The van der Waals surface area contributed by atoms with Crippen LogP contribution < -0.4 is 14.8 Å². The average molecular weight is 339 g/mol. The zero-order chi connectivity index (χ0) is 16.8. The SMILES string of the molecule is CC(=O)NC(CSCCC(=O)c1ccc2c(c1)OCO2)C(=O)O. The van der Waals surface area contributed by atoms with Crippen LogP contribution in [0.4, 0.5) is 0 Å². The van der Waals surface area contributed by atoms with E-state index in [2.05, 4.69) is 5.32 Å². The first-order valence-electron chi connectivity index (χ1n) is 6.98. The second-order valence-electron chi connectivity index (χ2n) is 4.91. The largest absolute Gasteiger partial charge is 0.480 e. The topological polar surface area (TPSA) is 102 Å². The number of carbonyl (C=O) groups is 3. The Bertz CT molecular complexity index is 618. The molecule has 0 bridgehead atoms. The molecule has 0 aromatic heterocycles. The summed E-state index contributed by atoms with van der Waals surface area (Å²) < 4.78 is 10.4. The maximum atomic E-state index is 12.1. The standard InChI is InChI=1S/C15H17NO6S/c1-9(17)16-11(15(19)20)7-23-5-4-12(18)10-2-3-13-14(6-10)22-8-21-13/h2-3,6,11H,4-5,7-8H2,1H3,(H,16,17)(H,19,20). The van der Waals surface area contributed by atoms with Crippen molar-refractivity contribution in [3.8, 4) is 11.5 Å². The van der Waals surface area contributed by atoms with Crippen LogP contribution in [0.3, 0.4) is 0 Å². The number of hydrogen-bond donors (Lipinski definition) is 2. The van der Waals surface area contributed by atoms with E-state index in [1.807, 2.05) is 0 Å². The smallest absolute Gasteiger partial charge is 0.327 e. The molecule has 124 valence electrons. The van der Waals surface area contributed by atoms with Crippen molar-refractivity contribution < 1.29 is 29.0 Å². The molecule has 8 heteroatoms. The van der Waals surface area contributed by atoms with E-state index >= 15 is 0 Å². The fraction of sp³-hybridized carbons (Fsp3) is 0.400. The number of ketones is 1. The number of amides is 1. The van der Waals surface area contributed by atoms with Gasteiger partial charge in [-0.1, -0.05) is 0 Å². The molecular weight excluding hydrogens is 322 g/mol. The van der Waals surface area contributed by atoms with E-state index in [-0.39, 0.29) is 24.7 Å². The van der Waals surface area contributed by atoms with Gasteiger partial charge in [-0.05, 0) is 18.2 Å². The summed E-state index contributed by atoms with van der Waals surface area (Å²) in [5.74, 6) is 0.321. The van der Waals surface area contributed by atoms with Crippen LogP contribution >= 0.6 is 11.8 Å². The number of aliphatic carboxylic acids is 1. The third-order valence-corrected chi connectivity index (χ3v) is 4.19. The van der Waals surface area contributed by atoms with Crippen molar-refractivity contribution >= 4 is 29.4 Å². The number of Topliss-reactive ketones (excluding diaryl/α,β-unsaturated/α-hetero) is 1. The summed E-state index contributed by atoms with van der Waals surface area (Å²) in [6.45, 7) is 1.42. The second kappa shape index (κ2) is 7.87. The molecule has 2 rings (SSSR count). The third kappa shape index (κ3) is 4.88. The monoisotopic (exact) mass is 339 g/mol. The second-order valence-corrected chi connectivity index (χ2v) is 6.06. The van der Waals surface area contributed by atoms with Gasteiger partial charge < -0.3 is 19.9 Å². The van der Waals surface area contributed by atoms with Gasteiger partial charge in [0.05, 0.1) is 0 Å². The molecule has 1 atom stereocenters. The van der Waals surface area contributed by atoms with Gasteiger partial charge in [0.1, 0.15) is 6.04 Å². The third-order valence-electron chi connectivity index (χ3n) is 3.13. The number of hydrogen-bond acceptors (Lipinski definition) is 6. The molecule has 1 aliphatic heterocycles. The maximum Gasteiger partial charge on any atom is 0.327 e. The Kier molecular flexibility index (Phi) is 5.86. The minimum atomic E-state index is -1.09. The van der Waals surface area contributed by atoms with E-state index in [1.165, 1.54) is 18.7 Å². The zero-order valence-electron chi connectivity index (χ0n) is 12.5. The van der Waals surface area contributed by atoms with Crippen LogP contribution in [0, 0.1) is 0 Å². The van der Waals surface area contributed by atoms with Crippen molar-refractivity contribution in [2.45, 2.75) is 19.4 Å². The first kappa shape index (κ1) is 17.1. The van der Waals surface area contributed by atoms with Gasteiger partial charge in [0.2, 0.25) is 12.7 Å². The van der Waals surface area contributed by atoms with Gasteiger partial charge in [-0.25, -0.2) is 4.79 Å². The predicted molar refractivity (Wildman–Crippen MR) is 84.1 cm³/mol. The first-order valence-corrected chi connectivity index (χ1v) is 8.13. The Morgan fingerprint density at radius 3 is 2.74 bits per heavy atom. The Labute approximate surface area is 137 Å². The van der Waals surface area contributed by atoms with Crippen molar-refractivity contribution in [1.82, 2.24) is 5.32 Å². The number of carboxylic acids is 1. The van der Waals surface area contributed by atoms with E-state index < -0.39 is 17.9 Å². The summed E-state index contributed by atoms with van der Waals surface area (Å²) >= 11 is 1.31. The molecule has 0 fully saturated rings. The summed E-state index contributed by atoms with van der Waals surface area (Å²) in [4.78, 5) is 34.0. The number of carboxylic acid groups (broad SMARTS) is 1. The van der Waals surface area contributed by atoms with E-state index in [4.69, 9.17) is 14.6 Å². The lowest BCUT2D eigenvalue weighted by Gasteiger charge is -2.12. The molecular formula is C15H17NO6S. The fourth-order valence-corrected chi connectivity index (χ4v) is 2.96. The first-order chi connectivity index (χ1) is 11.0. The highest BCUT2D eigenvalue weighted by Crippen LogP contribution is 2.32. The summed E-state index contributed by atoms with van der Waals surface area (Å²) in [5.41, 5.74) is 0.534. The summed E-state index contributed by atoms with van der Waals surface area (Å²) in [5, 5.41) is 11.3. The Balaban J connectivity index is 1.78. The van der Waals surface area contributed by atoms with E-state index in [0.717, 1.165) is 0 Å². The van der Waals surface area contributed by atoms with Crippen LogP contribution in [0.25, 0.3) is 0 Å². The summed E-state index contributed by atoms with van der Waals surface area (Å²) in [6, 6.07) is 4.07. The molecule has 2 N–H and O–H groups in total. The van der Waals surface area contributed by atoms with E-state index in [9.17, 15) is 14.4 Å². The molecule has 0 saturated heterocycles. The minimum Gasteiger partial charge on any atom is -0.480 e. The van der Waals surface area contributed by atoms with Crippen molar-refractivity contribution in [3.63, 3.8) is 0 Å². The Hall–Kier alpha value is -2.22. The Morgan fingerprint density at radius 1 is 1.30 bits per heavy atom. The summed E-state index contributed by atoms with van der Waals surface area (Å²) in [7, 11) is 0. The van der Waals surface area contributed by atoms with Crippen LogP contribution in [0.5, 0.6) is 11.5 Å². The number of fused-ring (bicyclic) bond motifs is 1. The van der Waals surface area contributed by atoms with Crippen molar-refractivity contribution in [2.24, 2.45) is 0 Å². The number of rotatable bonds is 8. The van der Waals surface area contributed by atoms with Gasteiger partial charge in [0.25, 0.3) is 0 Å². The molecule has 0 radical (unpaired) electrons. The van der Waals surface area contributed by atoms with Crippen LogP contribution in [-0.2, 0) is 9.59 Å². The molecule has 0 spiro atoms. The molecule has 0 aliphatic carbocycles. The van der Waals surface area contributed by atoms with Gasteiger partial charge in [0, 0.05) is 30.4 Å². The van der Waals surface area contributed by atoms with Gasteiger partial charge in [-0.15, -0.1) is 0 Å². The molecule has 1 aromatic carbocycles. The van der Waals surface area contributed by atoms with Gasteiger partial charge in [-0.2, -0.15) is 11.8 Å². The number of carbonyl (C=O) groups excluding carboxylic acids is 2. The lowest BCUT2D eigenvalue weighted by molar-refractivity contribution is -0.140. The zero-order valence-corrected chi connectivity index (χ0v) is 13.4. The van der Waals surface area contributed by atoms with Crippen molar-refractivity contribution in [1.29, 1.82) is 0 Å². The molecule has 1 heterocycles. The predicted octanol–water partition coefficient (Wildman–Crippen LogP) is 1.31. The van der Waals surface area contributed by atoms with Crippen LogP contribution in [0.2, 0.25) is 0 Å². The molecule has 23 heavy (non-hydrogen) atoms. The molecule has 1 unspecified atom stereocenters. The minimum absolute atomic E-state index is 0.0535. The van der Waals surface area contributed by atoms with Gasteiger partial charge in [-0.3, -0.25) is 9.59 Å². The summed E-state index contributed by atoms with van der Waals surface area (Å²) in [6.07, 6.45) is 0.275. The lowest BCUT2D eigenvalue weighted by atomic mass is 10.1. The van der Waals surface area contributed by atoms with Crippen molar-refractivity contribution in [3.05, 3.63) is 23.8 Å². The number of ether oxygens (including phenoxy) is 2. The molecule has 1 aliphatic rings. The lowest BCUT2D eigenvalue weighted by Crippen LogP contribution is -2.41. The number of thioether (sulfide) groups is 1. The maximum absolute atomic E-state index is 12.1.